The van der Waals surface area contributed by atoms with Crippen LogP contribution in [0, 0.1) is 20.8 Å². The number of aromatic nitrogens is 1. The molecule has 0 aliphatic heterocycles. The first-order chi connectivity index (χ1) is 12.1. The minimum Gasteiger partial charge on any atom is -0.481 e. The summed E-state index contributed by atoms with van der Waals surface area (Å²) in [4.78, 5) is 4.22. The predicted molar refractivity (Wildman–Crippen MR) is 116 cm³/mol. The topological polar surface area (TPSA) is 22.1 Å². The van der Waals surface area contributed by atoms with Crippen molar-refractivity contribution in [1.29, 1.82) is 0 Å². The fraction of sp³-hybridized carbons (Fsp3) is 0.542. The molecule has 2 rings (SSSR count). The molecule has 2 aromatic rings. The van der Waals surface area contributed by atoms with Crippen LogP contribution < -0.4 is 4.74 Å². The molecular weight excluding hydrogens is 318 g/mol. The fourth-order valence-corrected chi connectivity index (χ4v) is 3.24. The van der Waals surface area contributed by atoms with Crippen LogP contribution in [0.1, 0.15) is 82.2 Å². The number of ether oxygens (including phenoxy) is 1. The molecule has 0 fully saturated rings. The van der Waals surface area contributed by atoms with E-state index in [1.165, 1.54) is 22.3 Å². The maximum atomic E-state index is 5.18. The first-order valence-corrected chi connectivity index (χ1v) is 9.65. The van der Waals surface area contributed by atoms with Crippen molar-refractivity contribution in [3.8, 4) is 5.88 Å². The number of nitrogens with zero attached hydrogens (tertiary/aromatic N) is 1. The third-order valence-electron chi connectivity index (χ3n) is 4.25. The first kappa shape index (κ1) is 24.2. The Morgan fingerprint density at radius 3 is 1.85 bits per heavy atom. The first-order valence-electron chi connectivity index (χ1n) is 9.65. The van der Waals surface area contributed by atoms with Gasteiger partial charge in [-0.1, -0.05) is 72.7 Å². The molecule has 1 aromatic heterocycles. The molecule has 0 amide bonds. The molecule has 26 heavy (non-hydrogen) atoms. The molecule has 0 saturated heterocycles. The summed E-state index contributed by atoms with van der Waals surface area (Å²) in [5.41, 5.74) is 6.88. The Balaban J connectivity index is 0.000000444. The van der Waals surface area contributed by atoms with Gasteiger partial charge in [0.2, 0.25) is 5.88 Å². The predicted octanol–water partition coefficient (Wildman–Crippen LogP) is 7.15. The van der Waals surface area contributed by atoms with E-state index in [9.17, 15) is 0 Å². The van der Waals surface area contributed by atoms with Gasteiger partial charge in [0.05, 0.1) is 7.11 Å². The van der Waals surface area contributed by atoms with E-state index in [4.69, 9.17) is 4.74 Å². The molecule has 0 aliphatic rings. The Labute approximate surface area is 162 Å². The molecule has 2 nitrogen and oxygen atoms in total. The van der Waals surface area contributed by atoms with Crippen LogP contribution in [0.2, 0.25) is 0 Å². The number of methoxy groups -OCH3 is 1. The van der Waals surface area contributed by atoms with Crippen molar-refractivity contribution in [2.45, 2.75) is 80.6 Å². The van der Waals surface area contributed by atoms with Crippen LogP contribution in [0.4, 0.5) is 0 Å². The summed E-state index contributed by atoms with van der Waals surface area (Å²) < 4.78 is 5.18. The molecule has 0 unspecified atom stereocenters. The molecule has 1 heterocycles. The number of rotatable bonds is 2. The van der Waals surface area contributed by atoms with Gasteiger partial charge in [-0.3, -0.25) is 0 Å². The minimum atomic E-state index is 0.283. The number of pyridine rings is 1. The number of aryl methyl sites for hydroxylation is 2. The van der Waals surface area contributed by atoms with Gasteiger partial charge in [0.15, 0.2) is 0 Å². The van der Waals surface area contributed by atoms with Crippen molar-refractivity contribution < 1.29 is 4.74 Å². The standard InChI is InChI=1S/C11H17NO.C11H16.C2H6/c1-7(2)10-8(3)6-12-11(13-5)9(10)4;1-9-7-5-6-8-10(9)11(2,3)4;1-2/h6-7H,1-5H3;5-8H,1-4H3;1-2H3. The number of benzene rings is 1. The zero-order valence-electron chi connectivity index (χ0n) is 18.8. The molecule has 0 spiro atoms. The number of hydrogen-bond acceptors (Lipinski definition) is 2. The molecule has 0 saturated carbocycles. The lowest BCUT2D eigenvalue weighted by atomic mass is 9.84. The Kier molecular flexibility index (Phi) is 10.2. The van der Waals surface area contributed by atoms with Crippen LogP contribution in [0.25, 0.3) is 0 Å². The Hall–Kier alpha value is -1.83. The molecule has 2 heteroatoms. The molecule has 0 N–H and O–H groups in total. The summed E-state index contributed by atoms with van der Waals surface area (Å²) in [7, 11) is 1.66. The van der Waals surface area contributed by atoms with Gasteiger partial charge in [0, 0.05) is 11.8 Å². The molecule has 1 aromatic carbocycles. The second kappa shape index (κ2) is 11.0. The van der Waals surface area contributed by atoms with Crippen LogP contribution in [-0.4, -0.2) is 12.1 Å². The second-order valence-corrected chi connectivity index (χ2v) is 7.71. The maximum Gasteiger partial charge on any atom is 0.216 e. The van der Waals surface area contributed by atoms with Gasteiger partial charge < -0.3 is 4.74 Å². The van der Waals surface area contributed by atoms with E-state index in [-0.39, 0.29) is 5.41 Å². The second-order valence-electron chi connectivity index (χ2n) is 7.71. The lowest BCUT2D eigenvalue weighted by molar-refractivity contribution is 0.393. The zero-order valence-corrected chi connectivity index (χ0v) is 18.8. The Morgan fingerprint density at radius 1 is 0.923 bits per heavy atom. The van der Waals surface area contributed by atoms with Gasteiger partial charge in [-0.2, -0.15) is 0 Å². The monoisotopic (exact) mass is 357 g/mol. The van der Waals surface area contributed by atoms with E-state index in [2.05, 4.69) is 84.6 Å². The van der Waals surface area contributed by atoms with Crippen LogP contribution >= 0.6 is 0 Å². The Morgan fingerprint density at radius 2 is 1.46 bits per heavy atom. The molecule has 0 radical (unpaired) electrons. The third-order valence-corrected chi connectivity index (χ3v) is 4.25. The summed E-state index contributed by atoms with van der Waals surface area (Å²) in [6, 6.07) is 8.56. The summed E-state index contributed by atoms with van der Waals surface area (Å²) in [6.45, 7) is 21.4. The van der Waals surface area contributed by atoms with Crippen molar-refractivity contribution in [2.75, 3.05) is 7.11 Å². The van der Waals surface area contributed by atoms with Crippen molar-refractivity contribution in [2.24, 2.45) is 0 Å². The van der Waals surface area contributed by atoms with Crippen molar-refractivity contribution in [3.63, 3.8) is 0 Å². The summed E-state index contributed by atoms with van der Waals surface area (Å²) in [6.07, 6.45) is 1.88. The molecular formula is C24H39NO. The molecule has 146 valence electrons. The van der Waals surface area contributed by atoms with Crippen molar-refractivity contribution in [1.82, 2.24) is 4.98 Å². The van der Waals surface area contributed by atoms with E-state index in [0.29, 0.717) is 5.92 Å². The van der Waals surface area contributed by atoms with Crippen molar-refractivity contribution in [3.05, 3.63) is 58.3 Å². The van der Waals surface area contributed by atoms with E-state index >= 15 is 0 Å². The van der Waals surface area contributed by atoms with Gasteiger partial charge in [-0.05, 0) is 54.4 Å². The summed E-state index contributed by atoms with van der Waals surface area (Å²) in [5.74, 6) is 1.27. The Bertz CT molecular complexity index is 666. The van der Waals surface area contributed by atoms with Crippen LogP contribution in [-0.2, 0) is 5.41 Å². The molecule has 0 aliphatic carbocycles. The van der Waals surface area contributed by atoms with Crippen LogP contribution in [0.3, 0.4) is 0 Å². The van der Waals surface area contributed by atoms with E-state index < -0.39 is 0 Å². The summed E-state index contributed by atoms with van der Waals surface area (Å²) in [5, 5.41) is 0. The van der Waals surface area contributed by atoms with E-state index in [1.807, 2.05) is 20.0 Å². The largest absolute Gasteiger partial charge is 0.481 e. The smallest absolute Gasteiger partial charge is 0.216 e. The van der Waals surface area contributed by atoms with E-state index in [0.717, 1.165) is 11.4 Å². The lowest BCUT2D eigenvalue weighted by Gasteiger charge is -2.21. The van der Waals surface area contributed by atoms with Crippen LogP contribution in [0.5, 0.6) is 5.88 Å². The zero-order chi connectivity index (χ0) is 20.5. The highest BCUT2D eigenvalue weighted by Crippen LogP contribution is 2.27. The van der Waals surface area contributed by atoms with Gasteiger partial charge in [-0.25, -0.2) is 4.98 Å². The summed E-state index contributed by atoms with van der Waals surface area (Å²) >= 11 is 0. The quantitative estimate of drug-likeness (QED) is 0.569. The van der Waals surface area contributed by atoms with Gasteiger partial charge in [0.1, 0.15) is 0 Å². The average molecular weight is 358 g/mol. The van der Waals surface area contributed by atoms with Crippen molar-refractivity contribution >= 4 is 0 Å². The average Bonchev–Trinajstić information content (AvgIpc) is 2.56. The number of hydrogen-bond donors (Lipinski definition) is 0. The third kappa shape index (κ3) is 6.82. The highest BCUT2D eigenvalue weighted by molar-refractivity contribution is 5.40. The minimum absolute atomic E-state index is 0.283. The molecule has 0 bridgehead atoms. The molecule has 0 atom stereocenters. The van der Waals surface area contributed by atoms with Gasteiger partial charge in [0.25, 0.3) is 0 Å². The highest BCUT2D eigenvalue weighted by atomic mass is 16.5. The lowest BCUT2D eigenvalue weighted by Crippen LogP contribution is -2.12. The normalized spacial score (nSPS) is 10.5. The van der Waals surface area contributed by atoms with Crippen LogP contribution in [0.15, 0.2) is 30.5 Å². The maximum absolute atomic E-state index is 5.18. The SMILES string of the molecule is CC.COc1ncc(C)c(C(C)C)c1C.Cc1ccccc1C(C)(C)C. The van der Waals surface area contributed by atoms with E-state index in [1.54, 1.807) is 7.11 Å². The fourth-order valence-electron chi connectivity index (χ4n) is 3.24. The van der Waals surface area contributed by atoms with Gasteiger partial charge in [-0.15, -0.1) is 0 Å². The highest BCUT2D eigenvalue weighted by Gasteiger charge is 2.14. The van der Waals surface area contributed by atoms with Gasteiger partial charge >= 0.3 is 0 Å².